The molecule has 4 rings (SSSR count). The van der Waals surface area contributed by atoms with Crippen LogP contribution in [0.2, 0.25) is 5.15 Å². The zero-order chi connectivity index (χ0) is 22.3. The number of carboxylic acid groups (broad SMARTS) is 1. The fraction of sp³-hybridized carbons (Fsp3) is 0.375. The summed E-state index contributed by atoms with van der Waals surface area (Å²) in [5.41, 5.74) is 5.21. The van der Waals surface area contributed by atoms with E-state index in [1.54, 1.807) is 0 Å². The molecule has 1 N–H and O–H groups in total. The number of benzene rings is 1. The van der Waals surface area contributed by atoms with Crippen molar-refractivity contribution in [1.82, 2.24) is 19.7 Å². The van der Waals surface area contributed by atoms with Gasteiger partial charge in [0.05, 0.1) is 22.5 Å². The first-order valence-electron chi connectivity index (χ1n) is 10.6. The van der Waals surface area contributed by atoms with Crippen LogP contribution in [0.25, 0.3) is 22.6 Å². The Balaban J connectivity index is 1.94. The fourth-order valence-corrected chi connectivity index (χ4v) is 4.52. The van der Waals surface area contributed by atoms with E-state index in [9.17, 15) is 9.90 Å². The van der Waals surface area contributed by atoms with Gasteiger partial charge < -0.3 is 5.11 Å². The molecule has 3 aromatic rings. The van der Waals surface area contributed by atoms with Crippen LogP contribution in [0.15, 0.2) is 24.3 Å². The Morgan fingerprint density at radius 3 is 2.71 bits per heavy atom. The molecule has 0 bridgehead atoms. The highest BCUT2D eigenvalue weighted by molar-refractivity contribution is 6.31. The van der Waals surface area contributed by atoms with Gasteiger partial charge in [-0.25, -0.2) is 9.78 Å². The van der Waals surface area contributed by atoms with Crippen molar-refractivity contribution in [1.29, 1.82) is 0 Å². The minimum absolute atomic E-state index is 0.336. The molecule has 1 aliphatic rings. The van der Waals surface area contributed by atoms with Crippen molar-refractivity contribution in [2.75, 3.05) is 13.1 Å². The normalized spacial score (nSPS) is 15.7. The van der Waals surface area contributed by atoms with Crippen molar-refractivity contribution in [2.24, 2.45) is 5.92 Å². The van der Waals surface area contributed by atoms with Crippen LogP contribution in [0, 0.1) is 12.8 Å². The molecule has 3 heterocycles. The van der Waals surface area contributed by atoms with Crippen LogP contribution in [-0.2, 0) is 13.1 Å². The van der Waals surface area contributed by atoms with E-state index in [1.165, 1.54) is 0 Å². The van der Waals surface area contributed by atoms with E-state index < -0.39 is 5.97 Å². The lowest BCUT2D eigenvalue weighted by Gasteiger charge is -2.30. The molecular weight excluding hydrogens is 412 g/mol. The Hall–Kier alpha value is -2.70. The zero-order valence-corrected chi connectivity index (χ0v) is 19.1. The summed E-state index contributed by atoms with van der Waals surface area (Å²) in [6.07, 6.45) is 2.04. The van der Waals surface area contributed by atoms with Gasteiger partial charge >= 0.3 is 5.97 Å². The van der Waals surface area contributed by atoms with Gasteiger partial charge in [0, 0.05) is 36.1 Å². The van der Waals surface area contributed by atoms with Gasteiger partial charge in [-0.05, 0) is 37.1 Å². The molecule has 0 atom stereocenters. The van der Waals surface area contributed by atoms with Crippen LogP contribution >= 0.6 is 11.6 Å². The summed E-state index contributed by atoms with van der Waals surface area (Å²) >= 11 is 6.69. The summed E-state index contributed by atoms with van der Waals surface area (Å²) in [5.74, 6) is -0.499. The number of aromatic carboxylic acids is 1. The number of hydrogen-bond acceptors (Lipinski definition) is 4. The molecule has 0 amide bonds. The SMILES string of the molecule is CCN1C/C(=C/c2c(C)nn(CC(C)C)c2Cl)c2nc3ccccc3c(C(=O)O)c2C1. The smallest absolute Gasteiger partial charge is 0.336 e. The molecule has 0 saturated carbocycles. The molecule has 0 spiro atoms. The average molecular weight is 439 g/mol. The molecule has 0 unspecified atom stereocenters. The topological polar surface area (TPSA) is 71.2 Å². The van der Waals surface area contributed by atoms with Crippen LogP contribution in [0.5, 0.6) is 0 Å². The number of likely N-dealkylation sites (N-methyl/N-ethyl adjacent to an activating group) is 1. The molecule has 162 valence electrons. The lowest BCUT2D eigenvalue weighted by Crippen LogP contribution is -2.31. The first-order valence-corrected chi connectivity index (χ1v) is 11.0. The summed E-state index contributed by atoms with van der Waals surface area (Å²) in [4.78, 5) is 19.4. The third-order valence-electron chi connectivity index (χ3n) is 5.70. The maximum Gasteiger partial charge on any atom is 0.336 e. The zero-order valence-electron chi connectivity index (χ0n) is 18.3. The third kappa shape index (κ3) is 3.98. The first-order chi connectivity index (χ1) is 14.8. The van der Waals surface area contributed by atoms with E-state index >= 15 is 0 Å². The number of carboxylic acids is 1. The number of fused-ring (bicyclic) bond motifs is 2. The lowest BCUT2D eigenvalue weighted by atomic mass is 9.92. The molecule has 7 heteroatoms. The van der Waals surface area contributed by atoms with Gasteiger partial charge in [0.15, 0.2) is 0 Å². The molecule has 6 nitrogen and oxygen atoms in total. The monoisotopic (exact) mass is 438 g/mol. The number of aryl methyl sites for hydroxylation is 1. The van der Waals surface area contributed by atoms with E-state index in [2.05, 4.69) is 30.8 Å². The van der Waals surface area contributed by atoms with Crippen LogP contribution in [0.3, 0.4) is 0 Å². The average Bonchev–Trinajstić information content (AvgIpc) is 2.98. The van der Waals surface area contributed by atoms with Gasteiger partial charge in [0.25, 0.3) is 0 Å². The van der Waals surface area contributed by atoms with Crippen molar-refractivity contribution in [3.8, 4) is 0 Å². The Labute approximate surface area is 187 Å². The van der Waals surface area contributed by atoms with Gasteiger partial charge in [0.2, 0.25) is 0 Å². The third-order valence-corrected chi connectivity index (χ3v) is 6.10. The van der Waals surface area contributed by atoms with Crippen LogP contribution < -0.4 is 0 Å². The molecule has 1 aromatic carbocycles. The number of para-hydroxylation sites is 1. The number of nitrogens with zero attached hydrogens (tertiary/aromatic N) is 4. The highest BCUT2D eigenvalue weighted by Crippen LogP contribution is 2.35. The first kappa shape index (κ1) is 21.5. The second kappa shape index (κ2) is 8.44. The maximum absolute atomic E-state index is 12.3. The second-order valence-electron chi connectivity index (χ2n) is 8.47. The van der Waals surface area contributed by atoms with Crippen LogP contribution in [0.4, 0.5) is 0 Å². The predicted octanol–water partition coefficient (Wildman–Crippen LogP) is 5.12. The van der Waals surface area contributed by atoms with Gasteiger partial charge in [-0.1, -0.05) is 50.6 Å². The fourth-order valence-electron chi connectivity index (χ4n) is 4.22. The van der Waals surface area contributed by atoms with Crippen molar-refractivity contribution in [2.45, 2.75) is 40.8 Å². The molecule has 0 radical (unpaired) electrons. The molecular formula is C24H27ClN4O2. The molecule has 1 aliphatic heterocycles. The number of aromatic nitrogens is 3. The van der Waals surface area contributed by atoms with Crippen LogP contribution in [-0.4, -0.2) is 43.8 Å². The Kier molecular flexibility index (Phi) is 5.86. The van der Waals surface area contributed by atoms with Gasteiger partial charge in [0.1, 0.15) is 5.15 Å². The quantitative estimate of drug-likeness (QED) is 0.598. The number of carbonyl (C=O) groups is 1. The molecule has 0 saturated heterocycles. The van der Waals surface area contributed by atoms with Crippen molar-refractivity contribution in [3.05, 3.63) is 57.5 Å². The molecule has 2 aromatic heterocycles. The van der Waals surface area contributed by atoms with E-state index in [4.69, 9.17) is 16.6 Å². The Morgan fingerprint density at radius 2 is 2.03 bits per heavy atom. The number of rotatable bonds is 5. The predicted molar refractivity (Wildman–Crippen MR) is 124 cm³/mol. The summed E-state index contributed by atoms with van der Waals surface area (Å²) in [6, 6.07) is 7.43. The summed E-state index contributed by atoms with van der Waals surface area (Å²) in [7, 11) is 0. The summed E-state index contributed by atoms with van der Waals surface area (Å²) in [6.45, 7) is 11.1. The lowest BCUT2D eigenvalue weighted by molar-refractivity contribution is 0.0696. The minimum atomic E-state index is -0.925. The highest BCUT2D eigenvalue weighted by atomic mass is 35.5. The van der Waals surface area contributed by atoms with Crippen molar-refractivity contribution >= 4 is 40.1 Å². The molecule has 0 fully saturated rings. The summed E-state index contributed by atoms with van der Waals surface area (Å²) in [5, 5.41) is 15.9. The van der Waals surface area contributed by atoms with Crippen molar-refractivity contribution in [3.63, 3.8) is 0 Å². The maximum atomic E-state index is 12.3. The van der Waals surface area contributed by atoms with E-state index in [0.717, 1.165) is 41.2 Å². The second-order valence-corrected chi connectivity index (χ2v) is 8.83. The largest absolute Gasteiger partial charge is 0.478 e. The number of hydrogen-bond donors (Lipinski definition) is 1. The number of pyridine rings is 1. The van der Waals surface area contributed by atoms with E-state index in [-0.39, 0.29) is 0 Å². The van der Waals surface area contributed by atoms with E-state index in [1.807, 2.05) is 41.9 Å². The van der Waals surface area contributed by atoms with Gasteiger partial charge in [-0.3, -0.25) is 9.58 Å². The van der Waals surface area contributed by atoms with Gasteiger partial charge in [-0.15, -0.1) is 0 Å². The summed E-state index contributed by atoms with van der Waals surface area (Å²) < 4.78 is 1.84. The van der Waals surface area contributed by atoms with E-state index in [0.29, 0.717) is 40.6 Å². The number of halogens is 1. The van der Waals surface area contributed by atoms with Gasteiger partial charge in [-0.2, -0.15) is 5.10 Å². The Bertz CT molecular complexity index is 1200. The molecule has 31 heavy (non-hydrogen) atoms. The minimum Gasteiger partial charge on any atom is -0.478 e. The van der Waals surface area contributed by atoms with Crippen molar-refractivity contribution < 1.29 is 9.90 Å². The van der Waals surface area contributed by atoms with Crippen LogP contribution in [0.1, 0.15) is 53.6 Å². The molecule has 0 aliphatic carbocycles. The standard InChI is InChI=1S/C24H27ClN4O2/c1-5-28-12-16(10-18-15(4)27-29(23(18)25)11-14(2)3)22-19(13-28)21(24(30)31)17-8-6-7-9-20(17)26-22/h6-10,14H,5,11-13H2,1-4H3,(H,30,31)/b16-10-. The Morgan fingerprint density at radius 1 is 1.29 bits per heavy atom. The highest BCUT2D eigenvalue weighted by Gasteiger charge is 2.28.